The molecule has 0 radical (unpaired) electrons. The molecule has 1 aliphatic heterocycles. The minimum absolute atomic E-state index is 0.0270. The van der Waals surface area contributed by atoms with Crippen LogP contribution < -0.4 is 10.1 Å². The Morgan fingerprint density at radius 2 is 1.77 bits per heavy atom. The van der Waals surface area contributed by atoms with Crippen LogP contribution in [0.4, 0.5) is 4.79 Å². The van der Waals surface area contributed by atoms with Crippen LogP contribution in [0.25, 0.3) is 0 Å². The summed E-state index contributed by atoms with van der Waals surface area (Å²) in [6.07, 6.45) is 2.96. The number of urea groups is 1. The van der Waals surface area contributed by atoms with Crippen LogP contribution >= 0.6 is 0 Å². The van der Waals surface area contributed by atoms with Gasteiger partial charge in [0.05, 0.1) is 24.1 Å². The second-order valence-electron chi connectivity index (χ2n) is 9.26. The lowest BCUT2D eigenvalue weighted by molar-refractivity contribution is 0.137. The number of carbonyl (C=O) groups excluding carboxylic acids is 1. The highest BCUT2D eigenvalue weighted by molar-refractivity contribution is 5.97. The van der Waals surface area contributed by atoms with E-state index in [0.29, 0.717) is 0 Å². The van der Waals surface area contributed by atoms with Crippen molar-refractivity contribution >= 4 is 11.7 Å². The molecule has 1 heterocycles. The fraction of sp³-hybridized carbons (Fsp3) is 0.462. The van der Waals surface area contributed by atoms with Crippen LogP contribution in [-0.4, -0.2) is 29.4 Å². The second kappa shape index (κ2) is 9.13. The molecule has 1 N–H and O–H groups in total. The summed E-state index contributed by atoms with van der Waals surface area (Å²) in [5, 5.41) is 9.71. The first-order chi connectivity index (χ1) is 14.7. The molecule has 1 atom stereocenters. The van der Waals surface area contributed by atoms with Crippen LogP contribution in [0, 0.1) is 0 Å². The quantitative estimate of drug-likeness (QED) is 0.590. The van der Waals surface area contributed by atoms with E-state index >= 15 is 0 Å². The summed E-state index contributed by atoms with van der Waals surface area (Å²) < 4.78 is 5.66. The van der Waals surface area contributed by atoms with Crippen molar-refractivity contribution in [1.29, 1.82) is 0 Å². The third kappa shape index (κ3) is 4.60. The molecule has 2 aromatic rings. The van der Waals surface area contributed by atoms with Crippen LogP contribution in [0.15, 0.2) is 59.7 Å². The number of rotatable bonds is 7. The van der Waals surface area contributed by atoms with Crippen molar-refractivity contribution in [3.8, 4) is 5.75 Å². The van der Waals surface area contributed by atoms with E-state index in [1.807, 2.05) is 62.4 Å². The largest absolute Gasteiger partial charge is 0.496 e. The fourth-order valence-electron chi connectivity index (χ4n) is 4.42. The fourth-order valence-corrected chi connectivity index (χ4v) is 4.42. The predicted molar refractivity (Wildman–Crippen MR) is 127 cm³/mol. The van der Waals surface area contributed by atoms with E-state index in [4.69, 9.17) is 9.84 Å². The van der Waals surface area contributed by atoms with Crippen molar-refractivity contribution in [2.45, 2.75) is 70.9 Å². The average molecular weight is 422 g/mol. The molecule has 3 rings (SSSR count). The summed E-state index contributed by atoms with van der Waals surface area (Å²) in [7, 11) is 1.69. The van der Waals surface area contributed by atoms with Gasteiger partial charge in [-0.3, -0.25) is 0 Å². The molecule has 0 bridgehead atoms. The van der Waals surface area contributed by atoms with E-state index in [0.717, 1.165) is 41.9 Å². The SMILES string of the molecule is CCCCC1=NN(C(=O)NC(C)(C)c2ccccc2)C(C)(C)C1c1ccccc1OC. The number of benzene rings is 2. The van der Waals surface area contributed by atoms with E-state index in [1.54, 1.807) is 12.1 Å². The average Bonchev–Trinajstić information content (AvgIpc) is 3.02. The number of methoxy groups -OCH3 is 1. The minimum atomic E-state index is -0.533. The lowest BCUT2D eigenvalue weighted by Gasteiger charge is -2.37. The highest BCUT2D eigenvalue weighted by Gasteiger charge is 2.48. The summed E-state index contributed by atoms with van der Waals surface area (Å²) >= 11 is 0. The molecule has 166 valence electrons. The Hall–Kier alpha value is -2.82. The maximum absolute atomic E-state index is 13.5. The van der Waals surface area contributed by atoms with E-state index in [1.165, 1.54) is 0 Å². The molecule has 2 amide bonds. The molecule has 1 unspecified atom stereocenters. The molecule has 0 spiro atoms. The van der Waals surface area contributed by atoms with Gasteiger partial charge >= 0.3 is 6.03 Å². The molecule has 0 aliphatic carbocycles. The molecular formula is C26H35N3O2. The zero-order chi connectivity index (χ0) is 22.6. The van der Waals surface area contributed by atoms with Gasteiger partial charge in [0, 0.05) is 11.3 Å². The van der Waals surface area contributed by atoms with E-state index in [2.05, 4.69) is 32.2 Å². The summed E-state index contributed by atoms with van der Waals surface area (Å²) in [5.41, 5.74) is 2.10. The lowest BCUT2D eigenvalue weighted by atomic mass is 9.78. The Morgan fingerprint density at radius 1 is 1.13 bits per heavy atom. The minimum Gasteiger partial charge on any atom is -0.496 e. The van der Waals surface area contributed by atoms with E-state index in [9.17, 15) is 4.79 Å². The highest BCUT2D eigenvalue weighted by Crippen LogP contribution is 2.44. The highest BCUT2D eigenvalue weighted by atomic mass is 16.5. The monoisotopic (exact) mass is 421 g/mol. The number of nitrogens with zero attached hydrogens (tertiary/aromatic N) is 2. The topological polar surface area (TPSA) is 53.9 Å². The standard InChI is InChI=1S/C26H35N3O2/c1-7-8-17-21-23(20-16-12-13-18-22(20)31-6)26(4,5)29(28-21)24(30)27-25(2,3)19-14-10-9-11-15-19/h9-16,18,23H,7-8,17H2,1-6H3,(H,27,30). The van der Waals surface area contributed by atoms with Crippen LogP contribution in [0.1, 0.15) is 70.9 Å². The summed E-state index contributed by atoms with van der Waals surface area (Å²) in [6, 6.07) is 17.9. The van der Waals surface area contributed by atoms with Crippen molar-refractivity contribution < 1.29 is 9.53 Å². The van der Waals surface area contributed by atoms with Gasteiger partial charge in [0.2, 0.25) is 0 Å². The molecule has 0 aromatic heterocycles. The number of para-hydroxylation sites is 1. The Labute approximate surface area is 186 Å². The van der Waals surface area contributed by atoms with Crippen LogP contribution in [0.5, 0.6) is 5.75 Å². The summed E-state index contributed by atoms with van der Waals surface area (Å²) in [5.74, 6) is 0.803. The molecule has 0 saturated carbocycles. The molecule has 0 saturated heterocycles. The first-order valence-corrected chi connectivity index (χ1v) is 11.1. The van der Waals surface area contributed by atoms with Gasteiger partial charge in [0.25, 0.3) is 0 Å². The van der Waals surface area contributed by atoms with Gasteiger partial charge < -0.3 is 10.1 Å². The smallest absolute Gasteiger partial charge is 0.339 e. The van der Waals surface area contributed by atoms with Crippen LogP contribution in [-0.2, 0) is 5.54 Å². The van der Waals surface area contributed by atoms with Gasteiger partial charge in [-0.1, -0.05) is 61.9 Å². The normalized spacial score (nSPS) is 17.9. The van der Waals surface area contributed by atoms with Gasteiger partial charge in [0.1, 0.15) is 5.75 Å². The first-order valence-electron chi connectivity index (χ1n) is 11.1. The van der Waals surface area contributed by atoms with Crippen molar-refractivity contribution in [1.82, 2.24) is 10.3 Å². The Balaban J connectivity index is 1.95. The predicted octanol–water partition coefficient (Wildman–Crippen LogP) is 6.06. The number of amides is 2. The maximum atomic E-state index is 13.5. The molecule has 1 aliphatic rings. The molecular weight excluding hydrogens is 386 g/mol. The van der Waals surface area contributed by atoms with Gasteiger partial charge in [-0.2, -0.15) is 5.10 Å². The van der Waals surface area contributed by atoms with Crippen LogP contribution in [0.3, 0.4) is 0 Å². The zero-order valence-electron chi connectivity index (χ0n) is 19.6. The molecule has 5 nitrogen and oxygen atoms in total. The van der Waals surface area contributed by atoms with Gasteiger partial charge in [-0.15, -0.1) is 0 Å². The summed E-state index contributed by atoms with van der Waals surface area (Å²) in [6.45, 7) is 10.4. The number of nitrogens with one attached hydrogen (secondary N) is 1. The Bertz CT molecular complexity index is 935. The molecule has 5 heteroatoms. The number of ether oxygens (including phenoxy) is 1. The van der Waals surface area contributed by atoms with Gasteiger partial charge in [0.15, 0.2) is 0 Å². The maximum Gasteiger partial charge on any atom is 0.339 e. The number of hydrazone groups is 1. The number of carbonyl (C=O) groups is 1. The Kier molecular flexibility index (Phi) is 6.73. The molecule has 2 aromatic carbocycles. The molecule has 31 heavy (non-hydrogen) atoms. The lowest BCUT2D eigenvalue weighted by Crippen LogP contribution is -2.53. The van der Waals surface area contributed by atoms with E-state index in [-0.39, 0.29) is 11.9 Å². The third-order valence-corrected chi connectivity index (χ3v) is 6.16. The number of hydrogen-bond donors (Lipinski definition) is 1. The van der Waals surface area contributed by atoms with Crippen molar-refractivity contribution in [3.63, 3.8) is 0 Å². The number of unbranched alkanes of at least 4 members (excludes halogenated alkanes) is 1. The van der Waals surface area contributed by atoms with Gasteiger partial charge in [-0.25, -0.2) is 9.80 Å². The van der Waals surface area contributed by atoms with Crippen molar-refractivity contribution in [2.75, 3.05) is 7.11 Å². The van der Waals surface area contributed by atoms with Crippen molar-refractivity contribution in [2.24, 2.45) is 5.10 Å². The Morgan fingerprint density at radius 3 is 2.42 bits per heavy atom. The first kappa shape index (κ1) is 22.9. The second-order valence-corrected chi connectivity index (χ2v) is 9.26. The van der Waals surface area contributed by atoms with Crippen LogP contribution in [0.2, 0.25) is 0 Å². The van der Waals surface area contributed by atoms with Crippen molar-refractivity contribution in [3.05, 3.63) is 65.7 Å². The van der Waals surface area contributed by atoms with Gasteiger partial charge in [-0.05, 0) is 52.2 Å². The molecule has 0 fully saturated rings. The number of hydrogen-bond acceptors (Lipinski definition) is 3. The third-order valence-electron chi connectivity index (χ3n) is 6.16. The van der Waals surface area contributed by atoms with E-state index < -0.39 is 11.1 Å². The summed E-state index contributed by atoms with van der Waals surface area (Å²) in [4.78, 5) is 13.5. The zero-order valence-corrected chi connectivity index (χ0v) is 19.6.